The van der Waals surface area contributed by atoms with Crippen LogP contribution in [0, 0.1) is 11.8 Å². The van der Waals surface area contributed by atoms with E-state index in [1.165, 1.54) is 0 Å². The molecule has 4 nitrogen and oxygen atoms in total. The first-order valence-corrected chi connectivity index (χ1v) is 7.05. The number of aliphatic hydroxyl groups excluding tert-OH is 1. The van der Waals surface area contributed by atoms with E-state index in [1.54, 1.807) is 14.2 Å². The van der Waals surface area contributed by atoms with Gasteiger partial charge in [0.15, 0.2) is 0 Å². The Morgan fingerprint density at radius 3 is 2.00 bits per heavy atom. The van der Waals surface area contributed by atoms with Crippen molar-refractivity contribution in [3.05, 3.63) is 23.8 Å². The summed E-state index contributed by atoms with van der Waals surface area (Å²) < 4.78 is 16.6. The second-order valence-electron chi connectivity index (χ2n) is 5.50. The molecule has 0 aliphatic carbocycles. The molecule has 20 heavy (non-hydrogen) atoms. The zero-order valence-corrected chi connectivity index (χ0v) is 12.8. The summed E-state index contributed by atoms with van der Waals surface area (Å²) in [5.74, 6) is 1.59. The standard InChI is InChI=1S/C16H24O4/c1-9-10(2)20-11(3)14(9)16(17)15-12(18-4)7-6-8-13(15)19-5/h6-11,14,16-17H,1-5H3. The summed E-state index contributed by atoms with van der Waals surface area (Å²) in [6.07, 6.45) is -0.522. The van der Waals surface area contributed by atoms with Crippen LogP contribution in [-0.4, -0.2) is 31.5 Å². The predicted molar refractivity (Wildman–Crippen MR) is 77.2 cm³/mol. The largest absolute Gasteiger partial charge is 0.496 e. The van der Waals surface area contributed by atoms with Crippen molar-refractivity contribution in [2.24, 2.45) is 11.8 Å². The Hall–Kier alpha value is -1.26. The molecule has 1 aromatic rings. The highest BCUT2D eigenvalue weighted by molar-refractivity contribution is 5.46. The van der Waals surface area contributed by atoms with E-state index in [4.69, 9.17) is 14.2 Å². The summed E-state index contributed by atoms with van der Waals surface area (Å²) in [6, 6.07) is 5.54. The van der Waals surface area contributed by atoms with Crippen LogP contribution in [0.5, 0.6) is 11.5 Å². The molecule has 1 heterocycles. The Balaban J connectivity index is 2.40. The normalized spacial score (nSPS) is 31.1. The first-order valence-electron chi connectivity index (χ1n) is 7.05. The highest BCUT2D eigenvalue weighted by Crippen LogP contribution is 2.45. The number of hydrogen-bond acceptors (Lipinski definition) is 4. The van der Waals surface area contributed by atoms with Gasteiger partial charge < -0.3 is 19.3 Å². The van der Waals surface area contributed by atoms with E-state index in [1.807, 2.05) is 32.0 Å². The van der Waals surface area contributed by atoms with Gasteiger partial charge in [-0.15, -0.1) is 0 Å². The van der Waals surface area contributed by atoms with E-state index >= 15 is 0 Å². The summed E-state index contributed by atoms with van der Waals surface area (Å²) in [5.41, 5.74) is 0.707. The molecule has 0 amide bonds. The number of methoxy groups -OCH3 is 2. The second kappa shape index (κ2) is 6.02. The van der Waals surface area contributed by atoms with Gasteiger partial charge in [-0.1, -0.05) is 13.0 Å². The van der Waals surface area contributed by atoms with Gasteiger partial charge in [0.1, 0.15) is 11.5 Å². The molecule has 1 fully saturated rings. The topological polar surface area (TPSA) is 47.9 Å². The predicted octanol–water partition coefficient (Wildman–Crippen LogP) is 2.80. The van der Waals surface area contributed by atoms with Crippen LogP contribution in [0.4, 0.5) is 0 Å². The van der Waals surface area contributed by atoms with Crippen molar-refractivity contribution >= 4 is 0 Å². The lowest BCUT2D eigenvalue weighted by Crippen LogP contribution is -2.25. The Morgan fingerprint density at radius 1 is 1.05 bits per heavy atom. The van der Waals surface area contributed by atoms with Crippen molar-refractivity contribution in [1.29, 1.82) is 0 Å². The van der Waals surface area contributed by atoms with Gasteiger partial charge in [0, 0.05) is 5.92 Å². The van der Waals surface area contributed by atoms with E-state index in [0.717, 1.165) is 0 Å². The van der Waals surface area contributed by atoms with Crippen molar-refractivity contribution in [3.8, 4) is 11.5 Å². The van der Waals surface area contributed by atoms with Crippen LogP contribution in [0.25, 0.3) is 0 Å². The third-order valence-electron chi connectivity index (χ3n) is 4.45. The number of hydrogen-bond donors (Lipinski definition) is 1. The molecular formula is C16H24O4. The molecule has 1 aliphatic rings. The summed E-state index contributed by atoms with van der Waals surface area (Å²) in [6.45, 7) is 6.17. The average molecular weight is 280 g/mol. The Labute approximate surface area is 120 Å². The van der Waals surface area contributed by atoms with Gasteiger partial charge in [0.2, 0.25) is 0 Å². The van der Waals surface area contributed by atoms with Gasteiger partial charge in [-0.05, 0) is 31.9 Å². The maximum atomic E-state index is 10.9. The Bertz CT molecular complexity index is 438. The lowest BCUT2D eigenvalue weighted by Gasteiger charge is -2.27. The molecule has 0 saturated carbocycles. The highest BCUT2D eigenvalue weighted by Gasteiger charge is 2.43. The molecular weight excluding hydrogens is 256 g/mol. The second-order valence-corrected chi connectivity index (χ2v) is 5.50. The summed E-state index contributed by atoms with van der Waals surface area (Å²) in [5, 5.41) is 10.9. The summed E-state index contributed by atoms with van der Waals surface area (Å²) in [7, 11) is 3.21. The van der Waals surface area contributed by atoms with Crippen molar-refractivity contribution < 1.29 is 19.3 Å². The SMILES string of the molecule is COc1cccc(OC)c1C(O)C1C(C)OC(C)C1C. The quantitative estimate of drug-likeness (QED) is 0.921. The first kappa shape index (κ1) is 15.1. The van der Waals surface area contributed by atoms with E-state index in [-0.39, 0.29) is 24.0 Å². The van der Waals surface area contributed by atoms with Crippen molar-refractivity contribution in [2.45, 2.75) is 39.1 Å². The molecule has 5 atom stereocenters. The minimum Gasteiger partial charge on any atom is -0.496 e. The minimum absolute atomic E-state index is 0.00428. The highest BCUT2D eigenvalue weighted by atomic mass is 16.5. The third-order valence-corrected chi connectivity index (χ3v) is 4.45. The molecule has 0 spiro atoms. The van der Waals surface area contributed by atoms with E-state index in [2.05, 4.69) is 6.92 Å². The van der Waals surface area contributed by atoms with Gasteiger partial charge in [-0.25, -0.2) is 0 Å². The monoisotopic (exact) mass is 280 g/mol. The van der Waals surface area contributed by atoms with Crippen molar-refractivity contribution in [3.63, 3.8) is 0 Å². The van der Waals surface area contributed by atoms with Crippen LogP contribution in [0.2, 0.25) is 0 Å². The maximum absolute atomic E-state index is 10.9. The van der Waals surface area contributed by atoms with E-state index in [0.29, 0.717) is 17.1 Å². The Kier molecular flexibility index (Phi) is 4.55. The first-order chi connectivity index (χ1) is 9.51. The van der Waals surface area contributed by atoms with Crippen molar-refractivity contribution in [2.75, 3.05) is 14.2 Å². The van der Waals surface area contributed by atoms with E-state index in [9.17, 15) is 5.11 Å². The molecule has 1 saturated heterocycles. The van der Waals surface area contributed by atoms with Crippen molar-refractivity contribution in [1.82, 2.24) is 0 Å². The molecule has 4 heteroatoms. The van der Waals surface area contributed by atoms with Crippen LogP contribution in [-0.2, 0) is 4.74 Å². The van der Waals surface area contributed by atoms with E-state index < -0.39 is 6.10 Å². The maximum Gasteiger partial charge on any atom is 0.128 e. The molecule has 0 aromatic heterocycles. The lowest BCUT2D eigenvalue weighted by atomic mass is 9.81. The lowest BCUT2D eigenvalue weighted by molar-refractivity contribution is 0.0217. The van der Waals surface area contributed by atoms with Gasteiger partial charge in [-0.2, -0.15) is 0 Å². The van der Waals surface area contributed by atoms with Gasteiger partial charge in [-0.3, -0.25) is 0 Å². The number of rotatable bonds is 4. The Morgan fingerprint density at radius 2 is 1.60 bits per heavy atom. The molecule has 0 bridgehead atoms. The molecule has 1 aliphatic heterocycles. The van der Waals surface area contributed by atoms with Gasteiger partial charge >= 0.3 is 0 Å². The smallest absolute Gasteiger partial charge is 0.128 e. The molecule has 5 unspecified atom stereocenters. The molecule has 112 valence electrons. The molecule has 1 N–H and O–H groups in total. The number of ether oxygens (including phenoxy) is 3. The fourth-order valence-corrected chi connectivity index (χ4v) is 3.20. The number of benzene rings is 1. The fraction of sp³-hybridized carbons (Fsp3) is 0.625. The van der Waals surface area contributed by atoms with Crippen LogP contribution < -0.4 is 9.47 Å². The fourth-order valence-electron chi connectivity index (χ4n) is 3.20. The van der Waals surface area contributed by atoms with Gasteiger partial charge in [0.05, 0.1) is 38.1 Å². The zero-order valence-electron chi connectivity index (χ0n) is 12.8. The molecule has 2 rings (SSSR count). The third kappa shape index (κ3) is 2.50. The molecule has 1 aromatic carbocycles. The average Bonchev–Trinajstić information content (AvgIpc) is 2.70. The van der Waals surface area contributed by atoms with Crippen LogP contribution in [0.3, 0.4) is 0 Å². The van der Waals surface area contributed by atoms with Crippen LogP contribution >= 0.6 is 0 Å². The number of aliphatic hydroxyl groups is 1. The van der Waals surface area contributed by atoms with Gasteiger partial charge in [0.25, 0.3) is 0 Å². The summed E-state index contributed by atoms with van der Waals surface area (Å²) >= 11 is 0. The summed E-state index contributed by atoms with van der Waals surface area (Å²) in [4.78, 5) is 0. The van der Waals surface area contributed by atoms with Crippen LogP contribution in [0.15, 0.2) is 18.2 Å². The van der Waals surface area contributed by atoms with Crippen LogP contribution in [0.1, 0.15) is 32.4 Å². The zero-order chi connectivity index (χ0) is 14.9. The molecule has 0 radical (unpaired) electrons. The minimum atomic E-state index is -0.670.